The van der Waals surface area contributed by atoms with Crippen LogP contribution in [0.2, 0.25) is 0 Å². The second-order valence-electron chi connectivity index (χ2n) is 10.1. The highest BCUT2D eigenvalue weighted by atomic mass is 32.2. The molecule has 1 saturated carbocycles. The molecule has 0 bridgehead atoms. The summed E-state index contributed by atoms with van der Waals surface area (Å²) in [6.07, 6.45) is 3.51. The summed E-state index contributed by atoms with van der Waals surface area (Å²) in [6.45, 7) is 0.233. The molecule has 3 aromatic rings. The Morgan fingerprint density at radius 1 is 1.00 bits per heavy atom. The summed E-state index contributed by atoms with van der Waals surface area (Å²) in [5, 5.41) is 19.7. The van der Waals surface area contributed by atoms with Gasteiger partial charge in [-0.2, -0.15) is 0 Å². The van der Waals surface area contributed by atoms with Gasteiger partial charge in [0.05, 0.1) is 24.9 Å². The van der Waals surface area contributed by atoms with Gasteiger partial charge in [0.15, 0.2) is 0 Å². The van der Waals surface area contributed by atoms with Crippen LogP contribution in [0.1, 0.15) is 37.7 Å². The Morgan fingerprint density at radius 3 is 2.39 bits per heavy atom. The van der Waals surface area contributed by atoms with Crippen LogP contribution in [-0.2, 0) is 26.2 Å². The standard InChI is InChI=1S/C31H33F2NO6S/c32-24-16-17-29(26(33)18-24)41(38,39)34-31-25(10-6-1-2-7-11-30(36)37)28(19-27(31)35)40-20-21-12-14-23(15-13-21)22-8-4-3-5-9-22/h1,3-6,8-9,12-18,25,27-28,31,34-35H,2,7,10-11,19-20H2,(H,36,37)/t25-,27+,28-,31+/m0/s1. The van der Waals surface area contributed by atoms with Crippen molar-refractivity contribution in [1.82, 2.24) is 4.72 Å². The number of unbranched alkanes of at least 4 members (excludes halogenated alkanes) is 1. The minimum atomic E-state index is -4.42. The fraction of sp³-hybridized carbons (Fsp3) is 0.323. The van der Waals surface area contributed by atoms with Crippen LogP contribution in [0.25, 0.3) is 11.1 Å². The number of benzene rings is 3. The summed E-state index contributed by atoms with van der Waals surface area (Å²) in [6, 6.07) is 19.0. The van der Waals surface area contributed by atoms with Gasteiger partial charge in [0, 0.05) is 24.8 Å². The van der Waals surface area contributed by atoms with E-state index in [0.717, 1.165) is 28.8 Å². The second kappa shape index (κ2) is 14.0. The lowest BCUT2D eigenvalue weighted by atomic mass is 9.97. The van der Waals surface area contributed by atoms with Crippen LogP contribution in [-0.4, -0.2) is 42.8 Å². The molecule has 4 rings (SSSR count). The van der Waals surface area contributed by atoms with E-state index in [4.69, 9.17) is 9.84 Å². The third kappa shape index (κ3) is 8.29. The molecule has 3 N–H and O–H groups in total. The number of carbonyl (C=O) groups is 1. The van der Waals surface area contributed by atoms with E-state index in [2.05, 4.69) is 4.72 Å². The van der Waals surface area contributed by atoms with E-state index >= 15 is 0 Å². The molecule has 0 unspecified atom stereocenters. The summed E-state index contributed by atoms with van der Waals surface area (Å²) in [4.78, 5) is 10.0. The minimum Gasteiger partial charge on any atom is -0.481 e. The number of nitrogens with one attached hydrogen (secondary N) is 1. The molecular weight excluding hydrogens is 552 g/mol. The first kappa shape index (κ1) is 30.5. The van der Waals surface area contributed by atoms with Crippen LogP contribution in [0.5, 0.6) is 0 Å². The number of carboxylic acids is 1. The van der Waals surface area contributed by atoms with E-state index in [1.165, 1.54) is 0 Å². The molecule has 0 aromatic heterocycles. The number of hydrogen-bond donors (Lipinski definition) is 3. The Bertz CT molecular complexity index is 1450. The number of hydrogen-bond acceptors (Lipinski definition) is 5. The van der Waals surface area contributed by atoms with Gasteiger partial charge < -0.3 is 14.9 Å². The minimum absolute atomic E-state index is 0.0347. The maximum atomic E-state index is 14.3. The normalized spacial score (nSPS) is 21.0. The molecule has 41 heavy (non-hydrogen) atoms. The average molecular weight is 586 g/mol. The highest BCUT2D eigenvalue weighted by Gasteiger charge is 2.45. The molecule has 0 heterocycles. The van der Waals surface area contributed by atoms with Crippen molar-refractivity contribution in [3.63, 3.8) is 0 Å². The predicted molar refractivity (Wildman–Crippen MR) is 150 cm³/mol. The van der Waals surface area contributed by atoms with Crippen molar-refractivity contribution in [2.45, 2.75) is 61.9 Å². The van der Waals surface area contributed by atoms with E-state index in [1.807, 2.05) is 66.7 Å². The molecule has 218 valence electrons. The quantitative estimate of drug-likeness (QED) is 0.182. The number of aliphatic carboxylic acids is 1. The SMILES string of the molecule is O=C(O)CCCC=CC[C@@H]1[C@@H](NS(=O)(=O)c2ccc(F)cc2F)[C@H](O)C[C@@H]1OCc1ccc(-c2ccccc2)cc1. The first-order valence-corrected chi connectivity index (χ1v) is 14.9. The largest absolute Gasteiger partial charge is 0.481 e. The summed E-state index contributed by atoms with van der Waals surface area (Å²) in [5.41, 5.74) is 3.04. The van der Waals surface area contributed by atoms with E-state index in [-0.39, 0.29) is 19.4 Å². The molecule has 7 nitrogen and oxygen atoms in total. The first-order valence-electron chi connectivity index (χ1n) is 13.4. The van der Waals surface area contributed by atoms with Gasteiger partial charge in [-0.05, 0) is 48.1 Å². The van der Waals surface area contributed by atoms with Gasteiger partial charge in [-0.3, -0.25) is 4.79 Å². The topological polar surface area (TPSA) is 113 Å². The summed E-state index contributed by atoms with van der Waals surface area (Å²) in [5.74, 6) is -3.52. The summed E-state index contributed by atoms with van der Waals surface area (Å²) >= 11 is 0. The van der Waals surface area contributed by atoms with Crippen LogP contribution >= 0.6 is 0 Å². The maximum Gasteiger partial charge on any atom is 0.303 e. The molecule has 3 aromatic carbocycles. The molecule has 1 aliphatic carbocycles. The van der Waals surface area contributed by atoms with Crippen LogP contribution in [0.3, 0.4) is 0 Å². The number of rotatable bonds is 13. The molecule has 1 fully saturated rings. The average Bonchev–Trinajstić information content (AvgIpc) is 3.22. The highest BCUT2D eigenvalue weighted by molar-refractivity contribution is 7.89. The monoisotopic (exact) mass is 585 g/mol. The van der Waals surface area contributed by atoms with Gasteiger partial charge in [-0.25, -0.2) is 21.9 Å². The number of aliphatic hydroxyl groups is 1. The number of aliphatic hydroxyl groups excluding tert-OH is 1. The smallest absolute Gasteiger partial charge is 0.303 e. The molecule has 0 amide bonds. The number of ether oxygens (including phenoxy) is 1. The maximum absolute atomic E-state index is 14.3. The lowest BCUT2D eigenvalue weighted by molar-refractivity contribution is -0.137. The third-order valence-corrected chi connectivity index (χ3v) is 8.66. The van der Waals surface area contributed by atoms with Crippen molar-refractivity contribution in [3.05, 3.63) is 102 Å². The van der Waals surface area contributed by atoms with Crippen molar-refractivity contribution in [2.75, 3.05) is 0 Å². The van der Waals surface area contributed by atoms with Gasteiger partial charge in [0.1, 0.15) is 16.5 Å². The van der Waals surface area contributed by atoms with Gasteiger partial charge in [0.2, 0.25) is 10.0 Å². The van der Waals surface area contributed by atoms with Crippen molar-refractivity contribution < 1.29 is 36.9 Å². The first-order chi connectivity index (χ1) is 19.6. The van der Waals surface area contributed by atoms with Crippen LogP contribution in [0.15, 0.2) is 89.8 Å². The highest BCUT2D eigenvalue weighted by Crippen LogP contribution is 2.34. The Morgan fingerprint density at radius 2 is 1.71 bits per heavy atom. The van der Waals surface area contributed by atoms with Gasteiger partial charge >= 0.3 is 5.97 Å². The number of allylic oxidation sites excluding steroid dienone is 2. The number of halogens is 2. The third-order valence-electron chi connectivity index (χ3n) is 7.16. The van der Waals surface area contributed by atoms with Crippen molar-refractivity contribution >= 4 is 16.0 Å². The lowest BCUT2D eigenvalue weighted by Crippen LogP contribution is -2.45. The zero-order chi connectivity index (χ0) is 29.4. The van der Waals surface area contributed by atoms with E-state index in [9.17, 15) is 27.1 Å². The molecule has 0 spiro atoms. The predicted octanol–water partition coefficient (Wildman–Crippen LogP) is 5.45. The Labute approximate surface area is 238 Å². The molecular formula is C31H33F2NO6S. The Balaban J connectivity index is 1.47. The molecule has 10 heteroatoms. The zero-order valence-corrected chi connectivity index (χ0v) is 23.1. The Kier molecular flexibility index (Phi) is 10.4. The van der Waals surface area contributed by atoms with Crippen LogP contribution in [0, 0.1) is 17.6 Å². The zero-order valence-electron chi connectivity index (χ0n) is 22.3. The molecule has 0 aliphatic heterocycles. The van der Waals surface area contributed by atoms with E-state index in [0.29, 0.717) is 25.3 Å². The summed E-state index contributed by atoms with van der Waals surface area (Å²) < 4.78 is 62.3. The van der Waals surface area contributed by atoms with Gasteiger partial charge in [0.25, 0.3) is 0 Å². The lowest BCUT2D eigenvalue weighted by Gasteiger charge is -2.25. The Hall–Kier alpha value is -3.44. The second-order valence-corrected chi connectivity index (χ2v) is 11.8. The van der Waals surface area contributed by atoms with Crippen molar-refractivity contribution in [2.24, 2.45) is 5.92 Å². The van der Waals surface area contributed by atoms with Gasteiger partial charge in [-0.1, -0.05) is 66.7 Å². The van der Waals surface area contributed by atoms with E-state index in [1.54, 1.807) is 0 Å². The fourth-order valence-electron chi connectivity index (χ4n) is 5.04. The van der Waals surface area contributed by atoms with Gasteiger partial charge in [-0.15, -0.1) is 0 Å². The number of sulfonamides is 1. The molecule has 0 saturated heterocycles. The molecule has 4 atom stereocenters. The summed E-state index contributed by atoms with van der Waals surface area (Å²) in [7, 11) is -4.42. The number of carboxylic acid groups (broad SMARTS) is 1. The fourth-order valence-corrected chi connectivity index (χ4v) is 6.42. The van der Waals surface area contributed by atoms with E-state index < -0.39 is 56.7 Å². The van der Waals surface area contributed by atoms with Crippen LogP contribution < -0.4 is 4.72 Å². The van der Waals surface area contributed by atoms with Crippen molar-refractivity contribution in [1.29, 1.82) is 0 Å². The van der Waals surface area contributed by atoms with Crippen LogP contribution in [0.4, 0.5) is 8.78 Å². The van der Waals surface area contributed by atoms with Crippen molar-refractivity contribution in [3.8, 4) is 11.1 Å². The molecule has 1 aliphatic rings. The molecule has 0 radical (unpaired) electrons.